The average molecular weight is 483 g/mol. The molecule has 0 fully saturated rings. The van der Waals surface area contributed by atoms with Crippen molar-refractivity contribution in [1.29, 1.82) is 0 Å². The normalized spacial score (nSPS) is 10.6. The number of nitrogens with one attached hydrogen (secondary N) is 1. The summed E-state index contributed by atoms with van der Waals surface area (Å²) in [4.78, 5) is 0. The van der Waals surface area contributed by atoms with E-state index in [0.717, 1.165) is 21.3 Å². The summed E-state index contributed by atoms with van der Waals surface area (Å²) in [5, 5.41) is 13.7. The predicted octanol–water partition coefficient (Wildman–Crippen LogP) is 6.66. The number of anilines is 1. The van der Waals surface area contributed by atoms with Crippen LogP contribution in [-0.4, -0.2) is 12.2 Å². The number of hydrogen-bond donors (Lipinski definition) is 2. The van der Waals surface area contributed by atoms with Crippen LogP contribution in [0, 0.1) is 0 Å². The SMILES string of the molecule is COc1cc(CNc2ccc(O)cc2)c(Br)cc1OCc1ccc(Cl)c(Cl)c1. The second-order valence-corrected chi connectivity index (χ2v) is 7.70. The van der Waals surface area contributed by atoms with E-state index in [-0.39, 0.29) is 5.75 Å². The van der Waals surface area contributed by atoms with Gasteiger partial charge in [-0.1, -0.05) is 45.2 Å². The maximum atomic E-state index is 9.37. The first kappa shape index (κ1) is 20.6. The highest BCUT2D eigenvalue weighted by molar-refractivity contribution is 9.10. The van der Waals surface area contributed by atoms with Crippen LogP contribution < -0.4 is 14.8 Å². The van der Waals surface area contributed by atoms with Crippen molar-refractivity contribution >= 4 is 44.8 Å². The molecule has 7 heteroatoms. The number of ether oxygens (including phenoxy) is 2. The number of methoxy groups -OCH3 is 1. The van der Waals surface area contributed by atoms with Gasteiger partial charge in [-0.15, -0.1) is 0 Å². The first-order valence-electron chi connectivity index (χ1n) is 8.42. The molecule has 0 aromatic heterocycles. The number of benzene rings is 3. The minimum Gasteiger partial charge on any atom is -0.508 e. The van der Waals surface area contributed by atoms with Gasteiger partial charge in [0.1, 0.15) is 12.4 Å². The molecule has 0 amide bonds. The third-order valence-corrected chi connectivity index (χ3v) is 5.54. The minimum atomic E-state index is 0.233. The molecule has 0 atom stereocenters. The lowest BCUT2D eigenvalue weighted by molar-refractivity contribution is 0.284. The van der Waals surface area contributed by atoms with Crippen molar-refractivity contribution in [1.82, 2.24) is 0 Å². The molecule has 0 unspecified atom stereocenters. The van der Waals surface area contributed by atoms with Gasteiger partial charge in [-0.2, -0.15) is 0 Å². The first-order chi connectivity index (χ1) is 13.5. The monoisotopic (exact) mass is 481 g/mol. The summed E-state index contributed by atoms with van der Waals surface area (Å²) in [7, 11) is 1.60. The number of phenols is 1. The van der Waals surface area contributed by atoms with Gasteiger partial charge in [-0.25, -0.2) is 0 Å². The van der Waals surface area contributed by atoms with E-state index in [9.17, 15) is 5.11 Å². The quantitative estimate of drug-likeness (QED) is 0.369. The highest BCUT2D eigenvalue weighted by Crippen LogP contribution is 2.35. The topological polar surface area (TPSA) is 50.7 Å². The fraction of sp³-hybridized carbons (Fsp3) is 0.143. The summed E-state index contributed by atoms with van der Waals surface area (Å²) in [6.45, 7) is 0.916. The van der Waals surface area contributed by atoms with Gasteiger partial charge >= 0.3 is 0 Å². The molecular weight excluding hydrogens is 465 g/mol. The molecule has 0 spiro atoms. The Morgan fingerprint density at radius 1 is 0.964 bits per heavy atom. The van der Waals surface area contributed by atoms with Crippen molar-refractivity contribution < 1.29 is 14.6 Å². The van der Waals surface area contributed by atoms with Gasteiger partial charge in [0.25, 0.3) is 0 Å². The molecule has 0 aliphatic heterocycles. The highest BCUT2D eigenvalue weighted by Gasteiger charge is 2.11. The Morgan fingerprint density at radius 3 is 2.39 bits per heavy atom. The molecule has 0 radical (unpaired) electrons. The lowest BCUT2D eigenvalue weighted by Crippen LogP contribution is -2.03. The van der Waals surface area contributed by atoms with Crippen LogP contribution in [0.15, 0.2) is 59.1 Å². The molecular formula is C21H18BrCl2NO3. The van der Waals surface area contributed by atoms with Crippen molar-refractivity contribution in [2.75, 3.05) is 12.4 Å². The van der Waals surface area contributed by atoms with Crippen LogP contribution in [0.3, 0.4) is 0 Å². The van der Waals surface area contributed by atoms with Gasteiger partial charge in [-0.05, 0) is 59.7 Å². The smallest absolute Gasteiger partial charge is 0.162 e. The van der Waals surface area contributed by atoms with E-state index in [1.807, 2.05) is 30.3 Å². The molecule has 0 aliphatic carbocycles. The van der Waals surface area contributed by atoms with E-state index in [4.69, 9.17) is 32.7 Å². The zero-order valence-corrected chi connectivity index (χ0v) is 18.1. The van der Waals surface area contributed by atoms with Gasteiger partial charge in [0.15, 0.2) is 11.5 Å². The largest absolute Gasteiger partial charge is 0.508 e. The van der Waals surface area contributed by atoms with Crippen LogP contribution in [-0.2, 0) is 13.2 Å². The van der Waals surface area contributed by atoms with E-state index in [0.29, 0.717) is 34.7 Å². The molecule has 0 saturated carbocycles. The Balaban J connectivity index is 1.71. The van der Waals surface area contributed by atoms with Crippen molar-refractivity contribution in [3.63, 3.8) is 0 Å². The molecule has 4 nitrogen and oxygen atoms in total. The summed E-state index contributed by atoms with van der Waals surface area (Å²) in [5.41, 5.74) is 2.82. The summed E-state index contributed by atoms with van der Waals surface area (Å²) in [5.74, 6) is 1.48. The zero-order valence-electron chi connectivity index (χ0n) is 15.0. The molecule has 0 aliphatic rings. The second kappa shape index (κ2) is 9.41. The van der Waals surface area contributed by atoms with Crippen LogP contribution in [0.5, 0.6) is 17.2 Å². The predicted molar refractivity (Wildman–Crippen MR) is 117 cm³/mol. The van der Waals surface area contributed by atoms with Gasteiger partial charge in [0.05, 0.1) is 17.2 Å². The van der Waals surface area contributed by atoms with Crippen LogP contribution in [0.2, 0.25) is 10.0 Å². The summed E-state index contributed by atoms with van der Waals surface area (Å²) in [6.07, 6.45) is 0. The molecule has 0 heterocycles. The number of aromatic hydroxyl groups is 1. The van der Waals surface area contributed by atoms with E-state index < -0.39 is 0 Å². The maximum absolute atomic E-state index is 9.37. The Labute approximate surface area is 182 Å². The first-order valence-corrected chi connectivity index (χ1v) is 9.97. The number of phenolic OH excluding ortho intramolecular Hbond substituents is 1. The van der Waals surface area contributed by atoms with Crippen LogP contribution in [0.4, 0.5) is 5.69 Å². The molecule has 0 saturated heterocycles. The Bertz CT molecular complexity index is 965. The number of halogens is 3. The third kappa shape index (κ3) is 5.25. The number of rotatable bonds is 7. The van der Waals surface area contributed by atoms with E-state index in [2.05, 4.69) is 21.2 Å². The molecule has 28 heavy (non-hydrogen) atoms. The lowest BCUT2D eigenvalue weighted by atomic mass is 10.2. The van der Waals surface area contributed by atoms with Crippen LogP contribution >= 0.6 is 39.1 Å². The lowest BCUT2D eigenvalue weighted by Gasteiger charge is -2.15. The fourth-order valence-corrected chi connectivity index (χ4v) is 3.34. The molecule has 3 aromatic rings. The molecule has 3 rings (SSSR count). The average Bonchev–Trinajstić information content (AvgIpc) is 2.69. The van der Waals surface area contributed by atoms with Gasteiger partial charge < -0.3 is 19.9 Å². The van der Waals surface area contributed by atoms with Crippen LogP contribution in [0.1, 0.15) is 11.1 Å². The highest BCUT2D eigenvalue weighted by atomic mass is 79.9. The van der Waals surface area contributed by atoms with E-state index in [1.165, 1.54) is 0 Å². The van der Waals surface area contributed by atoms with E-state index >= 15 is 0 Å². The van der Waals surface area contributed by atoms with Gasteiger partial charge in [-0.3, -0.25) is 0 Å². The minimum absolute atomic E-state index is 0.233. The van der Waals surface area contributed by atoms with Crippen molar-refractivity contribution in [2.45, 2.75) is 13.2 Å². The third-order valence-electron chi connectivity index (χ3n) is 4.06. The maximum Gasteiger partial charge on any atom is 0.162 e. The van der Waals surface area contributed by atoms with Gasteiger partial charge in [0, 0.05) is 16.7 Å². The Kier molecular flexibility index (Phi) is 6.94. The number of hydrogen-bond acceptors (Lipinski definition) is 4. The zero-order chi connectivity index (χ0) is 20.1. The Morgan fingerprint density at radius 2 is 1.71 bits per heavy atom. The summed E-state index contributed by atoms with van der Waals surface area (Å²) >= 11 is 15.6. The Hall–Kier alpha value is -2.08. The van der Waals surface area contributed by atoms with E-state index in [1.54, 1.807) is 31.4 Å². The van der Waals surface area contributed by atoms with Crippen molar-refractivity contribution in [2.24, 2.45) is 0 Å². The standard InChI is InChI=1S/C21H18BrCl2NO3/c1-27-20-9-14(11-25-15-3-5-16(26)6-4-15)17(22)10-21(20)28-12-13-2-7-18(23)19(24)8-13/h2-10,25-26H,11-12H2,1H3. The van der Waals surface area contributed by atoms with Crippen molar-refractivity contribution in [3.05, 3.63) is 80.2 Å². The molecule has 0 bridgehead atoms. The molecule has 2 N–H and O–H groups in total. The molecule has 3 aromatic carbocycles. The second-order valence-electron chi connectivity index (χ2n) is 6.03. The van der Waals surface area contributed by atoms with Crippen LogP contribution in [0.25, 0.3) is 0 Å². The molecule has 146 valence electrons. The summed E-state index contributed by atoms with van der Waals surface area (Å²) in [6, 6.07) is 16.1. The fourth-order valence-electron chi connectivity index (χ4n) is 2.55. The van der Waals surface area contributed by atoms with Gasteiger partial charge in [0.2, 0.25) is 0 Å². The van der Waals surface area contributed by atoms with Crippen molar-refractivity contribution in [3.8, 4) is 17.2 Å². The summed E-state index contributed by atoms with van der Waals surface area (Å²) < 4.78 is 12.3.